The Morgan fingerprint density at radius 3 is 2.19 bits per heavy atom. The number of Topliss-reactive ketones (excluding diaryl/α,β-unsaturated/α-hetero) is 1. The van der Waals surface area contributed by atoms with Gasteiger partial charge in [-0.05, 0) is 62.1 Å². The monoisotopic (exact) mass is 774 g/mol. The molecule has 15 heteroatoms. The third kappa shape index (κ3) is 11.0. The third-order valence-corrected chi connectivity index (χ3v) is 11.1. The van der Waals surface area contributed by atoms with Crippen LogP contribution >= 0.6 is 23.1 Å². The van der Waals surface area contributed by atoms with Crippen molar-refractivity contribution in [2.24, 2.45) is 0 Å². The van der Waals surface area contributed by atoms with Gasteiger partial charge < -0.3 is 14.8 Å². The molecule has 0 bridgehead atoms. The Labute approximate surface area is 314 Å². The lowest BCUT2D eigenvalue weighted by Gasteiger charge is -2.22. The summed E-state index contributed by atoms with van der Waals surface area (Å²) in [6, 6.07) is 8.35. The molecule has 1 aliphatic heterocycles. The second kappa shape index (κ2) is 19.7. The van der Waals surface area contributed by atoms with Gasteiger partial charge in [0.2, 0.25) is 0 Å². The number of rotatable bonds is 22. The summed E-state index contributed by atoms with van der Waals surface area (Å²) < 4.78 is 44.6. The Balaban J connectivity index is 1.37. The number of imide groups is 1. The summed E-state index contributed by atoms with van der Waals surface area (Å²) in [5, 5.41) is 3.78. The number of ether oxygens (including phenoxy) is 2. The molecule has 1 aromatic heterocycles. The van der Waals surface area contributed by atoms with Crippen molar-refractivity contribution in [1.29, 1.82) is 0 Å². The quantitative estimate of drug-likeness (QED) is 0.0579. The minimum absolute atomic E-state index is 0.0385. The van der Waals surface area contributed by atoms with Crippen LogP contribution in [0.5, 0.6) is 5.75 Å². The maximum Gasteiger partial charge on any atom is 0.418 e. The van der Waals surface area contributed by atoms with E-state index in [9.17, 15) is 27.6 Å². The number of unbranched alkanes of at least 4 members (excludes halogenated alkanes) is 11. The summed E-state index contributed by atoms with van der Waals surface area (Å²) in [4.78, 5) is 52.8. The summed E-state index contributed by atoms with van der Waals surface area (Å²) in [5.74, 6) is -2.49. The lowest BCUT2D eigenvalue weighted by Crippen LogP contribution is -2.52. The number of cyclic esters (lactones) is 1. The third-order valence-electron chi connectivity index (χ3n) is 8.72. The van der Waals surface area contributed by atoms with E-state index in [1.54, 1.807) is 31.2 Å². The Morgan fingerprint density at radius 2 is 1.60 bits per heavy atom. The lowest BCUT2D eigenvalue weighted by atomic mass is 10.0. The minimum Gasteiger partial charge on any atom is -0.491 e. The van der Waals surface area contributed by atoms with Crippen LogP contribution in [-0.2, 0) is 24.3 Å². The van der Waals surface area contributed by atoms with E-state index < -0.39 is 45.9 Å². The van der Waals surface area contributed by atoms with Crippen molar-refractivity contribution in [2.45, 2.75) is 115 Å². The summed E-state index contributed by atoms with van der Waals surface area (Å²) in [7, 11) is -4.24. The number of para-hydroxylation sites is 2. The zero-order chi connectivity index (χ0) is 37.7. The normalized spacial score (nSPS) is 15.0. The van der Waals surface area contributed by atoms with E-state index in [2.05, 4.69) is 21.3 Å². The summed E-state index contributed by atoms with van der Waals surface area (Å²) in [5.41, 5.74) is 0.401. The maximum atomic E-state index is 13.7. The van der Waals surface area contributed by atoms with Crippen LogP contribution in [0.15, 0.2) is 52.7 Å². The van der Waals surface area contributed by atoms with Crippen molar-refractivity contribution in [3.05, 3.63) is 64.1 Å². The fourth-order valence-corrected chi connectivity index (χ4v) is 7.74. The largest absolute Gasteiger partial charge is 0.491 e. The van der Waals surface area contributed by atoms with Gasteiger partial charge in [0.15, 0.2) is 17.9 Å². The van der Waals surface area contributed by atoms with Crippen molar-refractivity contribution < 1.29 is 37.1 Å². The molecule has 0 saturated carbocycles. The molecule has 3 aromatic rings. The van der Waals surface area contributed by atoms with Gasteiger partial charge in [0, 0.05) is 5.38 Å². The molecule has 2 aromatic carbocycles. The zero-order valence-corrected chi connectivity index (χ0v) is 32.2. The average Bonchev–Trinajstić information content (AvgIpc) is 3.65. The van der Waals surface area contributed by atoms with Gasteiger partial charge in [0.25, 0.3) is 21.8 Å². The molecule has 0 radical (unpaired) electrons. The van der Waals surface area contributed by atoms with Crippen LogP contribution in [0, 0.1) is 6.92 Å². The first kappa shape index (κ1) is 40.8. The molecule has 2 atom stereocenters. The number of halogens is 1. The second-order valence-corrected chi connectivity index (χ2v) is 15.5. The molecule has 2 unspecified atom stereocenters. The highest BCUT2D eigenvalue weighted by Gasteiger charge is 2.49. The molecule has 1 aliphatic rings. The number of benzene rings is 2. The van der Waals surface area contributed by atoms with E-state index in [0.29, 0.717) is 23.0 Å². The van der Waals surface area contributed by atoms with Crippen LogP contribution in [0.4, 0.5) is 16.2 Å². The second-order valence-electron chi connectivity index (χ2n) is 12.8. The fourth-order valence-electron chi connectivity index (χ4n) is 5.78. The standard InChI is InChI=1S/C37H47ClN4O8S2/c1-4-5-6-7-8-9-10-11-12-13-14-17-22-49-32-19-16-15-18-30(32)41-52(47,48)27-20-21-29(38)31(23-27)39-35(44)33(34(43)28-24-51-40-25(28)2)42-36(45)26(3)50-37(42)46/h15-16,18-21,23-24,26,33,41H,4-14,17,22H2,1-3H3,(H,39,44). The van der Waals surface area contributed by atoms with Crippen LogP contribution in [0.3, 0.4) is 0 Å². The lowest BCUT2D eigenvalue weighted by molar-refractivity contribution is -0.133. The van der Waals surface area contributed by atoms with Crippen molar-refractivity contribution in [3.63, 3.8) is 0 Å². The minimum atomic E-state index is -4.24. The van der Waals surface area contributed by atoms with E-state index in [4.69, 9.17) is 21.1 Å². The number of carbonyl (C=O) groups is 4. The topological polar surface area (TPSA) is 161 Å². The Bertz CT molecular complexity index is 1820. The highest BCUT2D eigenvalue weighted by Crippen LogP contribution is 2.31. The first-order valence-corrected chi connectivity index (χ1v) is 20.5. The Hall–Kier alpha value is -4.01. The van der Waals surface area contributed by atoms with Crippen molar-refractivity contribution >= 4 is 68.2 Å². The van der Waals surface area contributed by atoms with Crippen molar-refractivity contribution in [2.75, 3.05) is 16.6 Å². The molecule has 1 fully saturated rings. The number of nitrogens with zero attached hydrogens (tertiary/aromatic N) is 2. The number of aryl methyl sites for hydroxylation is 1. The number of aromatic nitrogens is 1. The van der Waals surface area contributed by atoms with Gasteiger partial charge >= 0.3 is 6.09 Å². The number of carbonyl (C=O) groups excluding carboxylic acids is 4. The number of hydrogen-bond donors (Lipinski definition) is 2. The van der Waals surface area contributed by atoms with Gasteiger partial charge in [-0.15, -0.1) is 0 Å². The van der Waals surface area contributed by atoms with E-state index in [0.717, 1.165) is 36.9 Å². The summed E-state index contributed by atoms with van der Waals surface area (Å²) in [6.45, 7) is 5.53. The van der Waals surface area contributed by atoms with Crippen LogP contribution < -0.4 is 14.8 Å². The van der Waals surface area contributed by atoms with Gasteiger partial charge in [-0.1, -0.05) is 101 Å². The molecule has 2 heterocycles. The molecular formula is C37H47ClN4O8S2. The Morgan fingerprint density at radius 1 is 0.962 bits per heavy atom. The molecule has 0 aliphatic carbocycles. The number of ketones is 1. The predicted molar refractivity (Wildman–Crippen MR) is 202 cm³/mol. The average molecular weight is 775 g/mol. The molecule has 1 saturated heterocycles. The number of sulfonamides is 1. The van der Waals surface area contributed by atoms with Gasteiger partial charge in [0.1, 0.15) is 5.75 Å². The SMILES string of the molecule is CCCCCCCCCCCCCCOc1ccccc1NS(=O)(=O)c1ccc(Cl)c(NC(=O)C(C(=O)c2csnc2C)N2C(=O)OC(C)C2=O)c1. The first-order valence-electron chi connectivity index (χ1n) is 17.8. The summed E-state index contributed by atoms with van der Waals surface area (Å²) >= 11 is 7.32. The molecule has 2 N–H and O–H groups in total. The molecule has 0 spiro atoms. The van der Waals surface area contributed by atoms with Crippen LogP contribution in [0.1, 0.15) is 107 Å². The van der Waals surface area contributed by atoms with E-state index in [1.165, 1.54) is 82.2 Å². The van der Waals surface area contributed by atoms with Crippen molar-refractivity contribution in [1.82, 2.24) is 9.27 Å². The predicted octanol–water partition coefficient (Wildman–Crippen LogP) is 8.54. The van der Waals surface area contributed by atoms with Gasteiger partial charge in [-0.25, -0.2) is 18.1 Å². The maximum absolute atomic E-state index is 13.7. The van der Waals surface area contributed by atoms with E-state index >= 15 is 0 Å². The van der Waals surface area contributed by atoms with Crippen LogP contribution in [0.25, 0.3) is 0 Å². The van der Waals surface area contributed by atoms with Crippen LogP contribution in [-0.4, -0.2) is 60.1 Å². The molecule has 52 heavy (non-hydrogen) atoms. The number of anilines is 2. The number of hydrogen-bond acceptors (Lipinski definition) is 10. The highest BCUT2D eigenvalue weighted by atomic mass is 35.5. The number of nitrogens with one attached hydrogen (secondary N) is 2. The first-order chi connectivity index (χ1) is 24.9. The van der Waals surface area contributed by atoms with Gasteiger partial charge in [0.05, 0.1) is 39.2 Å². The van der Waals surface area contributed by atoms with E-state index in [1.807, 2.05) is 0 Å². The van der Waals surface area contributed by atoms with Gasteiger partial charge in [-0.2, -0.15) is 4.37 Å². The summed E-state index contributed by atoms with van der Waals surface area (Å²) in [6.07, 6.45) is 12.2. The van der Waals surface area contributed by atoms with E-state index in [-0.39, 0.29) is 26.9 Å². The van der Waals surface area contributed by atoms with Crippen molar-refractivity contribution in [3.8, 4) is 5.75 Å². The molecule has 282 valence electrons. The zero-order valence-electron chi connectivity index (χ0n) is 29.8. The fraction of sp³-hybridized carbons (Fsp3) is 0.486. The molecule has 12 nitrogen and oxygen atoms in total. The molecular weight excluding hydrogens is 728 g/mol. The highest BCUT2D eigenvalue weighted by molar-refractivity contribution is 7.92. The van der Waals surface area contributed by atoms with Crippen LogP contribution in [0.2, 0.25) is 5.02 Å². The Kier molecular flexibility index (Phi) is 15.5. The van der Waals surface area contributed by atoms with Gasteiger partial charge in [-0.3, -0.25) is 19.1 Å². The molecule has 3 amide bonds. The molecule has 4 rings (SSSR count). The number of amides is 3. The smallest absolute Gasteiger partial charge is 0.418 e.